The van der Waals surface area contributed by atoms with Crippen LogP contribution in [0.15, 0.2) is 30.6 Å². The van der Waals surface area contributed by atoms with Gasteiger partial charge in [-0.15, -0.1) is 0 Å². The molecule has 1 aromatic heterocycles. The van der Waals surface area contributed by atoms with Gasteiger partial charge in [0.2, 0.25) is 0 Å². The number of nitrogens with one attached hydrogen (secondary N) is 1. The summed E-state index contributed by atoms with van der Waals surface area (Å²) in [6.07, 6.45) is 4.35. The molecule has 0 spiro atoms. The van der Waals surface area contributed by atoms with Crippen molar-refractivity contribution in [1.82, 2.24) is 9.55 Å². The van der Waals surface area contributed by atoms with Crippen molar-refractivity contribution in [2.75, 3.05) is 19.0 Å². The molecule has 0 radical (unpaired) electrons. The number of benzene rings is 1. The molecule has 0 saturated heterocycles. The second-order valence-electron chi connectivity index (χ2n) is 4.31. The summed E-state index contributed by atoms with van der Waals surface area (Å²) in [5.41, 5.74) is 0.661. The van der Waals surface area contributed by atoms with Gasteiger partial charge in [-0.05, 0) is 0 Å². The van der Waals surface area contributed by atoms with E-state index in [1.54, 1.807) is 12.3 Å². The third-order valence-corrected chi connectivity index (χ3v) is 2.94. The van der Waals surface area contributed by atoms with Crippen LogP contribution in [0.1, 0.15) is 5.82 Å². The van der Waals surface area contributed by atoms with E-state index in [1.807, 2.05) is 17.8 Å². The fraction of sp³-hybridized carbons (Fsp3) is 0.308. The Morgan fingerprint density at radius 1 is 1.45 bits per heavy atom. The number of imidazole rings is 1. The Kier molecular flexibility index (Phi) is 4.19. The number of nitro groups is 1. The summed E-state index contributed by atoms with van der Waals surface area (Å²) >= 11 is 0. The number of methoxy groups -OCH3 is 1. The van der Waals surface area contributed by atoms with Gasteiger partial charge in [-0.1, -0.05) is 0 Å². The maximum Gasteiger partial charge on any atom is 0.275 e. The molecule has 1 N–H and O–H groups in total. The van der Waals surface area contributed by atoms with E-state index >= 15 is 0 Å². The lowest BCUT2D eigenvalue weighted by atomic mass is 10.2. The molecule has 1 heterocycles. The lowest BCUT2D eigenvalue weighted by Gasteiger charge is -2.08. The zero-order chi connectivity index (χ0) is 14.5. The molecule has 0 fully saturated rings. The number of hydrogen-bond acceptors (Lipinski definition) is 5. The molecular formula is C13H16N4O3. The smallest absolute Gasteiger partial charge is 0.275 e. The zero-order valence-electron chi connectivity index (χ0n) is 11.4. The number of anilines is 1. The van der Waals surface area contributed by atoms with Crippen LogP contribution in [-0.2, 0) is 13.5 Å². The number of nitrogens with zero attached hydrogens (tertiary/aromatic N) is 3. The third kappa shape index (κ3) is 3.25. The highest BCUT2D eigenvalue weighted by Crippen LogP contribution is 2.25. The van der Waals surface area contributed by atoms with Gasteiger partial charge in [-0.3, -0.25) is 10.1 Å². The SMILES string of the molecule is COc1cc(NCCc2nccn2C)cc([N+](=O)[O-])c1. The third-order valence-electron chi connectivity index (χ3n) is 2.94. The highest BCUT2D eigenvalue weighted by molar-refractivity contribution is 5.56. The van der Waals surface area contributed by atoms with E-state index in [0.717, 1.165) is 12.2 Å². The minimum Gasteiger partial charge on any atom is -0.496 e. The van der Waals surface area contributed by atoms with E-state index in [1.165, 1.54) is 19.2 Å². The van der Waals surface area contributed by atoms with Gasteiger partial charge < -0.3 is 14.6 Å². The van der Waals surface area contributed by atoms with Crippen molar-refractivity contribution in [2.45, 2.75) is 6.42 Å². The van der Waals surface area contributed by atoms with E-state index in [-0.39, 0.29) is 5.69 Å². The lowest BCUT2D eigenvalue weighted by Crippen LogP contribution is -2.08. The molecule has 106 valence electrons. The van der Waals surface area contributed by atoms with Crippen LogP contribution < -0.4 is 10.1 Å². The molecule has 0 aliphatic rings. The van der Waals surface area contributed by atoms with E-state index < -0.39 is 4.92 Å². The van der Waals surface area contributed by atoms with Crippen LogP contribution in [0, 0.1) is 10.1 Å². The Morgan fingerprint density at radius 2 is 2.25 bits per heavy atom. The van der Waals surface area contributed by atoms with Gasteiger partial charge in [-0.25, -0.2) is 4.98 Å². The quantitative estimate of drug-likeness (QED) is 0.644. The molecule has 0 aliphatic heterocycles. The van der Waals surface area contributed by atoms with Crippen molar-refractivity contribution < 1.29 is 9.66 Å². The van der Waals surface area contributed by atoms with Crippen LogP contribution in [0.25, 0.3) is 0 Å². The summed E-state index contributed by atoms with van der Waals surface area (Å²) in [6, 6.07) is 4.61. The standard InChI is InChI=1S/C13H16N4O3/c1-16-6-5-15-13(16)3-4-14-10-7-11(17(18)19)9-12(8-10)20-2/h5-9,14H,3-4H2,1-2H3. The predicted molar refractivity (Wildman–Crippen MR) is 75.1 cm³/mol. The van der Waals surface area contributed by atoms with Gasteiger partial charge in [0.05, 0.1) is 18.1 Å². The van der Waals surface area contributed by atoms with Gasteiger partial charge in [0.25, 0.3) is 5.69 Å². The van der Waals surface area contributed by atoms with Crippen molar-refractivity contribution in [1.29, 1.82) is 0 Å². The average Bonchev–Trinajstić information content (AvgIpc) is 2.84. The topological polar surface area (TPSA) is 82.2 Å². The van der Waals surface area contributed by atoms with Crippen molar-refractivity contribution in [3.8, 4) is 5.75 Å². The number of aromatic nitrogens is 2. The molecule has 0 aliphatic carbocycles. The highest BCUT2D eigenvalue weighted by Gasteiger charge is 2.10. The molecule has 2 rings (SSSR count). The van der Waals surface area contributed by atoms with Crippen molar-refractivity contribution in [3.05, 3.63) is 46.5 Å². The van der Waals surface area contributed by atoms with Crippen LogP contribution in [-0.4, -0.2) is 28.1 Å². The summed E-state index contributed by atoms with van der Waals surface area (Å²) in [6.45, 7) is 0.634. The summed E-state index contributed by atoms with van der Waals surface area (Å²) in [5.74, 6) is 1.41. The highest BCUT2D eigenvalue weighted by atomic mass is 16.6. The van der Waals surface area contributed by atoms with Gasteiger partial charge in [0, 0.05) is 50.2 Å². The lowest BCUT2D eigenvalue weighted by molar-refractivity contribution is -0.384. The second-order valence-corrected chi connectivity index (χ2v) is 4.31. The van der Waals surface area contributed by atoms with Crippen molar-refractivity contribution in [3.63, 3.8) is 0 Å². The fourth-order valence-electron chi connectivity index (χ4n) is 1.86. The number of rotatable bonds is 6. The first-order valence-corrected chi connectivity index (χ1v) is 6.13. The first-order chi connectivity index (χ1) is 9.60. The number of aryl methyl sites for hydroxylation is 1. The van der Waals surface area contributed by atoms with Crippen LogP contribution in [0.2, 0.25) is 0 Å². The molecule has 0 bridgehead atoms. The largest absolute Gasteiger partial charge is 0.496 e. The molecule has 7 nitrogen and oxygen atoms in total. The number of nitro benzene ring substituents is 1. The van der Waals surface area contributed by atoms with Gasteiger partial charge in [0.15, 0.2) is 0 Å². The van der Waals surface area contributed by atoms with E-state index in [9.17, 15) is 10.1 Å². The van der Waals surface area contributed by atoms with Gasteiger partial charge >= 0.3 is 0 Å². The van der Waals surface area contributed by atoms with Crippen molar-refractivity contribution in [2.24, 2.45) is 7.05 Å². The average molecular weight is 276 g/mol. The maximum atomic E-state index is 10.8. The number of hydrogen-bond donors (Lipinski definition) is 1. The molecule has 7 heteroatoms. The second kappa shape index (κ2) is 6.05. The Labute approximate surface area is 116 Å². The maximum absolute atomic E-state index is 10.8. The normalized spacial score (nSPS) is 10.3. The summed E-state index contributed by atoms with van der Waals surface area (Å²) in [7, 11) is 3.41. The molecule has 20 heavy (non-hydrogen) atoms. The van der Waals surface area contributed by atoms with E-state index in [4.69, 9.17) is 4.74 Å². The first kappa shape index (κ1) is 13.9. The van der Waals surface area contributed by atoms with Crippen LogP contribution in [0.3, 0.4) is 0 Å². The Bertz CT molecular complexity index is 609. The molecule has 0 amide bonds. The van der Waals surface area contributed by atoms with Crippen molar-refractivity contribution >= 4 is 11.4 Å². The molecule has 0 saturated carbocycles. The summed E-state index contributed by atoms with van der Waals surface area (Å²) in [4.78, 5) is 14.6. The molecule has 2 aromatic rings. The molecule has 0 atom stereocenters. The Balaban J connectivity index is 2.03. The van der Waals surface area contributed by atoms with Crippen LogP contribution in [0.4, 0.5) is 11.4 Å². The van der Waals surface area contributed by atoms with Gasteiger partial charge in [-0.2, -0.15) is 0 Å². The Morgan fingerprint density at radius 3 is 2.85 bits per heavy atom. The number of non-ortho nitro benzene ring substituents is 1. The van der Waals surface area contributed by atoms with E-state index in [0.29, 0.717) is 18.0 Å². The molecular weight excluding hydrogens is 260 g/mol. The molecule has 1 aromatic carbocycles. The van der Waals surface area contributed by atoms with Gasteiger partial charge in [0.1, 0.15) is 11.6 Å². The van der Waals surface area contributed by atoms with Crippen LogP contribution >= 0.6 is 0 Å². The minimum absolute atomic E-state index is 0.00356. The van der Waals surface area contributed by atoms with Crippen LogP contribution in [0.5, 0.6) is 5.75 Å². The monoisotopic (exact) mass is 276 g/mol. The predicted octanol–water partition coefficient (Wildman–Crippen LogP) is 1.99. The Hall–Kier alpha value is -2.57. The zero-order valence-corrected chi connectivity index (χ0v) is 11.4. The van der Waals surface area contributed by atoms with E-state index in [2.05, 4.69) is 10.3 Å². The number of ether oxygens (including phenoxy) is 1. The summed E-state index contributed by atoms with van der Waals surface area (Å²) < 4.78 is 7.00. The first-order valence-electron chi connectivity index (χ1n) is 6.13. The molecule has 0 unspecified atom stereocenters. The summed E-state index contributed by atoms with van der Waals surface area (Å²) in [5, 5.41) is 14.0. The minimum atomic E-state index is -0.438. The fourth-order valence-corrected chi connectivity index (χ4v) is 1.86.